The molecule has 0 saturated heterocycles. The molecule has 0 amide bonds. The molecule has 0 aliphatic heterocycles. The summed E-state index contributed by atoms with van der Waals surface area (Å²) in [5, 5.41) is 9.82. The first-order valence-corrected chi connectivity index (χ1v) is 7.07. The van der Waals surface area contributed by atoms with Crippen LogP contribution in [0.1, 0.15) is 21.6 Å². The fraction of sp³-hybridized carbons (Fsp3) is 0.250. The van der Waals surface area contributed by atoms with Crippen molar-refractivity contribution in [1.29, 1.82) is 0 Å². The molecule has 0 fully saturated rings. The van der Waals surface area contributed by atoms with Crippen molar-refractivity contribution < 1.29 is 14.6 Å². The van der Waals surface area contributed by atoms with Crippen molar-refractivity contribution in [2.45, 2.75) is 13.1 Å². The highest BCUT2D eigenvalue weighted by Crippen LogP contribution is 2.24. The SMILES string of the molecule is COc1ccc(Cl)cc1CN(C)Cc1ncccc1C(=O)O. The van der Waals surface area contributed by atoms with Crippen LogP contribution in [0.4, 0.5) is 0 Å². The Morgan fingerprint density at radius 2 is 2.14 bits per heavy atom. The molecule has 0 bridgehead atoms. The first kappa shape index (κ1) is 16.3. The van der Waals surface area contributed by atoms with E-state index in [9.17, 15) is 9.90 Å². The number of benzene rings is 1. The number of carbonyl (C=O) groups is 1. The summed E-state index contributed by atoms with van der Waals surface area (Å²) in [6.07, 6.45) is 1.59. The van der Waals surface area contributed by atoms with Crippen molar-refractivity contribution in [3.8, 4) is 5.75 Å². The van der Waals surface area contributed by atoms with Crippen molar-refractivity contribution in [2.75, 3.05) is 14.2 Å². The van der Waals surface area contributed by atoms with E-state index >= 15 is 0 Å². The molecule has 0 aliphatic carbocycles. The Kier molecular flexibility index (Phi) is 5.35. The standard InChI is InChI=1S/C16H17ClN2O3/c1-19(9-11-8-12(17)5-6-15(11)22-2)10-14-13(16(20)21)4-3-7-18-14/h3-8H,9-10H2,1-2H3,(H,20,21). The summed E-state index contributed by atoms with van der Waals surface area (Å²) in [5.74, 6) is -0.229. The molecule has 1 N–H and O–H groups in total. The van der Waals surface area contributed by atoms with Crippen molar-refractivity contribution in [1.82, 2.24) is 9.88 Å². The zero-order chi connectivity index (χ0) is 16.1. The Labute approximate surface area is 134 Å². The third-order valence-corrected chi connectivity index (χ3v) is 3.46. The summed E-state index contributed by atoms with van der Waals surface area (Å²) < 4.78 is 5.32. The van der Waals surface area contributed by atoms with Crippen molar-refractivity contribution in [2.24, 2.45) is 0 Å². The lowest BCUT2D eigenvalue weighted by Gasteiger charge is -2.19. The minimum Gasteiger partial charge on any atom is -0.496 e. The minimum absolute atomic E-state index is 0.215. The van der Waals surface area contributed by atoms with E-state index in [0.717, 1.165) is 11.3 Å². The number of pyridine rings is 1. The van der Waals surface area contributed by atoms with Crippen molar-refractivity contribution >= 4 is 17.6 Å². The van der Waals surface area contributed by atoms with E-state index in [4.69, 9.17) is 16.3 Å². The van der Waals surface area contributed by atoms with Gasteiger partial charge in [-0.3, -0.25) is 9.88 Å². The number of carboxylic acids is 1. The summed E-state index contributed by atoms with van der Waals surface area (Å²) in [7, 11) is 3.49. The van der Waals surface area contributed by atoms with E-state index in [0.29, 0.717) is 23.8 Å². The number of aromatic carboxylic acids is 1. The normalized spacial score (nSPS) is 10.7. The smallest absolute Gasteiger partial charge is 0.337 e. The van der Waals surface area contributed by atoms with Gasteiger partial charge in [0.25, 0.3) is 0 Å². The minimum atomic E-state index is -0.975. The number of aromatic nitrogens is 1. The van der Waals surface area contributed by atoms with Crippen LogP contribution in [0.5, 0.6) is 5.75 Å². The molecule has 2 aromatic rings. The molecule has 116 valence electrons. The van der Waals surface area contributed by atoms with Crippen molar-refractivity contribution in [3.05, 3.63) is 58.4 Å². The summed E-state index contributed by atoms with van der Waals surface area (Å²) in [6.45, 7) is 0.984. The third-order valence-electron chi connectivity index (χ3n) is 3.22. The van der Waals surface area contributed by atoms with Crippen LogP contribution in [0.25, 0.3) is 0 Å². The van der Waals surface area contributed by atoms with Crippen LogP contribution in [-0.2, 0) is 13.1 Å². The molecule has 6 heteroatoms. The zero-order valence-electron chi connectivity index (χ0n) is 12.4. The van der Waals surface area contributed by atoms with Gasteiger partial charge in [0.2, 0.25) is 0 Å². The number of methoxy groups -OCH3 is 1. The van der Waals surface area contributed by atoms with E-state index in [1.165, 1.54) is 0 Å². The first-order valence-electron chi connectivity index (χ1n) is 6.69. The molecule has 0 spiro atoms. The highest BCUT2D eigenvalue weighted by molar-refractivity contribution is 6.30. The van der Waals surface area contributed by atoms with Crippen LogP contribution in [0.15, 0.2) is 36.5 Å². The highest BCUT2D eigenvalue weighted by atomic mass is 35.5. The van der Waals surface area contributed by atoms with E-state index in [1.54, 1.807) is 31.5 Å². The van der Waals surface area contributed by atoms with Gasteiger partial charge in [-0.15, -0.1) is 0 Å². The number of carboxylic acid groups (broad SMARTS) is 1. The van der Waals surface area contributed by atoms with Crippen LogP contribution in [0.2, 0.25) is 5.02 Å². The Morgan fingerprint density at radius 3 is 2.82 bits per heavy atom. The van der Waals surface area contributed by atoms with Crippen LogP contribution in [0, 0.1) is 0 Å². The first-order chi connectivity index (χ1) is 10.5. The molecule has 1 aromatic carbocycles. The Morgan fingerprint density at radius 1 is 1.36 bits per heavy atom. The molecule has 5 nitrogen and oxygen atoms in total. The Balaban J connectivity index is 2.16. The fourth-order valence-corrected chi connectivity index (χ4v) is 2.43. The topological polar surface area (TPSA) is 62.7 Å². The second-order valence-electron chi connectivity index (χ2n) is 4.93. The molecule has 0 aliphatic rings. The van der Waals surface area contributed by atoms with Gasteiger partial charge in [-0.1, -0.05) is 11.6 Å². The fourth-order valence-electron chi connectivity index (χ4n) is 2.23. The molecule has 22 heavy (non-hydrogen) atoms. The quantitative estimate of drug-likeness (QED) is 0.886. The van der Waals surface area contributed by atoms with Crippen LogP contribution < -0.4 is 4.74 Å². The van der Waals surface area contributed by atoms with Gasteiger partial charge in [-0.2, -0.15) is 0 Å². The summed E-state index contributed by atoms with van der Waals surface area (Å²) in [6, 6.07) is 8.60. The number of nitrogens with zero attached hydrogens (tertiary/aromatic N) is 2. The van der Waals surface area contributed by atoms with Crippen molar-refractivity contribution in [3.63, 3.8) is 0 Å². The average Bonchev–Trinajstić information content (AvgIpc) is 2.47. The molecule has 0 unspecified atom stereocenters. The number of rotatable bonds is 6. The van der Waals surface area contributed by atoms with E-state index in [2.05, 4.69) is 4.98 Å². The average molecular weight is 321 g/mol. The molecule has 0 radical (unpaired) electrons. The lowest BCUT2D eigenvalue weighted by molar-refractivity contribution is 0.0694. The monoisotopic (exact) mass is 320 g/mol. The molecule has 0 atom stereocenters. The van der Waals surface area contributed by atoms with Gasteiger partial charge in [0.05, 0.1) is 18.4 Å². The summed E-state index contributed by atoms with van der Waals surface area (Å²) in [5.41, 5.74) is 1.68. The van der Waals surface area contributed by atoms with Gasteiger partial charge in [-0.05, 0) is 37.4 Å². The number of halogens is 1. The maximum Gasteiger partial charge on any atom is 0.337 e. The molecule has 1 aromatic heterocycles. The van der Waals surface area contributed by atoms with Crippen LogP contribution in [-0.4, -0.2) is 35.1 Å². The number of hydrogen-bond donors (Lipinski definition) is 1. The van der Waals surface area contributed by atoms with E-state index in [1.807, 2.05) is 24.1 Å². The largest absolute Gasteiger partial charge is 0.496 e. The molecular formula is C16H17ClN2O3. The maximum atomic E-state index is 11.2. The van der Waals surface area contributed by atoms with Gasteiger partial charge in [0, 0.05) is 29.9 Å². The maximum absolute atomic E-state index is 11.2. The third kappa shape index (κ3) is 3.96. The van der Waals surface area contributed by atoms with E-state index in [-0.39, 0.29) is 5.56 Å². The zero-order valence-corrected chi connectivity index (χ0v) is 13.2. The van der Waals surface area contributed by atoms with Gasteiger partial charge in [-0.25, -0.2) is 4.79 Å². The van der Waals surface area contributed by atoms with Gasteiger partial charge >= 0.3 is 5.97 Å². The summed E-state index contributed by atoms with van der Waals surface area (Å²) in [4.78, 5) is 17.3. The number of ether oxygens (including phenoxy) is 1. The molecule has 2 rings (SSSR count). The Bertz CT molecular complexity index is 676. The molecular weight excluding hydrogens is 304 g/mol. The lowest BCUT2D eigenvalue weighted by atomic mass is 10.1. The molecule has 0 saturated carbocycles. The van der Waals surface area contributed by atoms with Crippen LogP contribution in [0.3, 0.4) is 0 Å². The predicted molar refractivity (Wildman–Crippen MR) is 84.4 cm³/mol. The van der Waals surface area contributed by atoms with E-state index < -0.39 is 5.97 Å². The van der Waals surface area contributed by atoms with Crippen LogP contribution >= 0.6 is 11.6 Å². The van der Waals surface area contributed by atoms with Gasteiger partial charge < -0.3 is 9.84 Å². The second-order valence-corrected chi connectivity index (χ2v) is 5.37. The van der Waals surface area contributed by atoms with Gasteiger partial charge in [0.15, 0.2) is 0 Å². The second kappa shape index (κ2) is 7.24. The predicted octanol–water partition coefficient (Wildman–Crippen LogP) is 3.07. The Hall–Kier alpha value is -2.11. The number of hydrogen-bond acceptors (Lipinski definition) is 4. The summed E-state index contributed by atoms with van der Waals surface area (Å²) >= 11 is 6.02. The highest BCUT2D eigenvalue weighted by Gasteiger charge is 2.14. The van der Waals surface area contributed by atoms with Gasteiger partial charge in [0.1, 0.15) is 5.75 Å². The lowest BCUT2D eigenvalue weighted by Crippen LogP contribution is -2.20. The molecule has 1 heterocycles.